The lowest BCUT2D eigenvalue weighted by molar-refractivity contribution is -0.126. The Morgan fingerprint density at radius 1 is 1.24 bits per heavy atom. The highest BCUT2D eigenvalue weighted by Gasteiger charge is 2.42. The van der Waals surface area contributed by atoms with Crippen molar-refractivity contribution in [2.45, 2.75) is 44.4 Å². The van der Waals surface area contributed by atoms with E-state index in [9.17, 15) is 13.2 Å². The van der Waals surface area contributed by atoms with Gasteiger partial charge in [0.2, 0.25) is 15.9 Å². The maximum absolute atomic E-state index is 12.9. The molecule has 25 heavy (non-hydrogen) atoms. The van der Waals surface area contributed by atoms with E-state index in [2.05, 4.69) is 21.2 Å². The van der Waals surface area contributed by atoms with Crippen LogP contribution in [0, 0.1) is 0 Å². The van der Waals surface area contributed by atoms with Gasteiger partial charge in [0.05, 0.1) is 11.2 Å². The van der Waals surface area contributed by atoms with E-state index in [4.69, 9.17) is 0 Å². The quantitative estimate of drug-likeness (QED) is 0.644. The number of nitrogens with zero attached hydrogens (tertiary/aromatic N) is 1. The number of sulfonamides is 1. The van der Waals surface area contributed by atoms with Gasteiger partial charge in [0.25, 0.3) is 0 Å². The van der Waals surface area contributed by atoms with Gasteiger partial charge in [0, 0.05) is 24.6 Å². The maximum Gasteiger partial charge on any atom is 0.230 e. The number of nitrogens with one attached hydrogen (secondary N) is 1. The minimum Gasteiger partial charge on any atom is -0.355 e. The lowest BCUT2D eigenvalue weighted by Gasteiger charge is -2.28. The van der Waals surface area contributed by atoms with Gasteiger partial charge in [0.1, 0.15) is 0 Å². The van der Waals surface area contributed by atoms with Gasteiger partial charge in [-0.25, -0.2) is 12.7 Å². The van der Waals surface area contributed by atoms with Crippen LogP contribution in [0.3, 0.4) is 0 Å². The summed E-state index contributed by atoms with van der Waals surface area (Å²) in [6.45, 7) is 2.54. The summed E-state index contributed by atoms with van der Waals surface area (Å²) in [7, 11) is -1.57. The molecule has 0 aliphatic heterocycles. The highest BCUT2D eigenvalue weighted by Crippen LogP contribution is 2.41. The van der Waals surface area contributed by atoms with Crippen LogP contribution >= 0.6 is 15.9 Å². The molecule has 0 unspecified atom stereocenters. The predicted molar refractivity (Wildman–Crippen MR) is 104 cm³/mol. The molecule has 0 spiro atoms. The summed E-state index contributed by atoms with van der Waals surface area (Å²) >= 11 is 3.44. The van der Waals surface area contributed by atoms with Crippen LogP contribution < -0.4 is 5.32 Å². The van der Waals surface area contributed by atoms with E-state index in [-0.39, 0.29) is 11.7 Å². The second-order valence-electron chi connectivity index (χ2n) is 6.63. The van der Waals surface area contributed by atoms with E-state index in [1.807, 2.05) is 24.3 Å². The van der Waals surface area contributed by atoms with Gasteiger partial charge in [-0.05, 0) is 43.9 Å². The van der Waals surface area contributed by atoms with E-state index in [0.29, 0.717) is 19.5 Å². The molecule has 0 heterocycles. The number of rotatable bonds is 8. The van der Waals surface area contributed by atoms with Crippen LogP contribution in [0.4, 0.5) is 0 Å². The molecule has 0 atom stereocenters. The second kappa shape index (κ2) is 8.64. The molecule has 140 valence electrons. The van der Waals surface area contributed by atoms with Crippen molar-refractivity contribution in [3.63, 3.8) is 0 Å². The number of hydrogen-bond acceptors (Lipinski definition) is 3. The average molecular weight is 431 g/mol. The van der Waals surface area contributed by atoms with E-state index in [1.165, 1.54) is 4.31 Å². The largest absolute Gasteiger partial charge is 0.355 e. The first-order chi connectivity index (χ1) is 11.8. The monoisotopic (exact) mass is 430 g/mol. The second-order valence-corrected chi connectivity index (χ2v) is 9.91. The molecule has 7 heteroatoms. The van der Waals surface area contributed by atoms with E-state index in [1.54, 1.807) is 14.0 Å². The summed E-state index contributed by atoms with van der Waals surface area (Å²) in [6.07, 6.45) is 4.45. The van der Waals surface area contributed by atoms with E-state index >= 15 is 0 Å². The van der Waals surface area contributed by atoms with Crippen molar-refractivity contribution in [2.24, 2.45) is 0 Å². The molecule has 5 nitrogen and oxygen atoms in total. The first-order valence-corrected chi connectivity index (χ1v) is 11.2. The highest BCUT2D eigenvalue weighted by molar-refractivity contribution is 9.10. The Hall–Kier alpha value is -0.920. The van der Waals surface area contributed by atoms with Crippen molar-refractivity contribution in [1.82, 2.24) is 9.62 Å². The molecule has 2 rings (SSSR count). The summed E-state index contributed by atoms with van der Waals surface area (Å²) in [5.74, 6) is 0.163. The third kappa shape index (κ3) is 4.83. The molecule has 1 fully saturated rings. The van der Waals surface area contributed by atoms with Gasteiger partial charge >= 0.3 is 0 Å². The fourth-order valence-corrected chi connectivity index (χ4v) is 4.54. The summed E-state index contributed by atoms with van der Waals surface area (Å²) in [4.78, 5) is 12.9. The van der Waals surface area contributed by atoms with Crippen molar-refractivity contribution >= 4 is 31.9 Å². The van der Waals surface area contributed by atoms with Crippen LogP contribution in [0.5, 0.6) is 0 Å². The minimum atomic E-state index is -3.16. The summed E-state index contributed by atoms with van der Waals surface area (Å²) in [6, 6.07) is 8.01. The van der Waals surface area contributed by atoms with E-state index < -0.39 is 15.4 Å². The molecule has 0 bridgehead atoms. The van der Waals surface area contributed by atoms with Gasteiger partial charge in [0.15, 0.2) is 0 Å². The lowest BCUT2D eigenvalue weighted by Crippen LogP contribution is -2.43. The Morgan fingerprint density at radius 3 is 2.40 bits per heavy atom. The highest BCUT2D eigenvalue weighted by atomic mass is 79.9. The van der Waals surface area contributed by atoms with Gasteiger partial charge in [-0.15, -0.1) is 0 Å². The molecule has 1 aromatic carbocycles. The number of amides is 1. The van der Waals surface area contributed by atoms with Gasteiger partial charge < -0.3 is 5.32 Å². The first-order valence-electron chi connectivity index (χ1n) is 8.80. The topological polar surface area (TPSA) is 66.5 Å². The summed E-state index contributed by atoms with van der Waals surface area (Å²) < 4.78 is 25.8. The van der Waals surface area contributed by atoms with Crippen molar-refractivity contribution in [3.05, 3.63) is 34.3 Å². The molecule has 0 radical (unpaired) electrons. The molecule has 1 saturated carbocycles. The van der Waals surface area contributed by atoms with Crippen LogP contribution in [0.15, 0.2) is 28.7 Å². The molecule has 0 saturated heterocycles. The molecule has 1 N–H and O–H groups in total. The molecule has 0 aromatic heterocycles. The number of halogens is 1. The van der Waals surface area contributed by atoms with Crippen LogP contribution in [0.1, 0.15) is 44.6 Å². The van der Waals surface area contributed by atoms with Gasteiger partial charge in [-0.1, -0.05) is 40.9 Å². The Bertz CT molecular complexity index is 683. The Morgan fingerprint density at radius 2 is 1.84 bits per heavy atom. The third-order valence-electron chi connectivity index (χ3n) is 5.06. The minimum absolute atomic E-state index is 0.0633. The Kier molecular flexibility index (Phi) is 7.05. The zero-order valence-corrected chi connectivity index (χ0v) is 17.3. The van der Waals surface area contributed by atoms with Crippen molar-refractivity contribution in [3.8, 4) is 0 Å². The molecule has 1 amide bonds. The SMILES string of the molecule is CCS(=O)(=O)N(C)CCCNC(=O)C1(c2ccc(Br)cc2)CCCC1. The van der Waals surface area contributed by atoms with Crippen LogP contribution in [0.25, 0.3) is 0 Å². The first kappa shape index (κ1) is 20.4. The standard InChI is InChI=1S/C18H27BrN2O3S/c1-3-25(23,24)21(2)14-6-13-20-17(22)18(11-4-5-12-18)15-7-9-16(19)10-8-15/h7-10H,3-6,11-14H2,1-2H3,(H,20,22). The number of carbonyl (C=O) groups excluding carboxylic acids is 1. The van der Waals surface area contributed by atoms with Crippen LogP contribution in [-0.2, 0) is 20.2 Å². The lowest BCUT2D eigenvalue weighted by atomic mass is 9.78. The zero-order valence-electron chi connectivity index (χ0n) is 14.9. The molecule has 1 aliphatic carbocycles. The van der Waals surface area contributed by atoms with Crippen molar-refractivity contribution < 1.29 is 13.2 Å². The van der Waals surface area contributed by atoms with Crippen molar-refractivity contribution in [2.75, 3.05) is 25.9 Å². The number of hydrogen-bond donors (Lipinski definition) is 1. The molecule has 1 aromatic rings. The van der Waals surface area contributed by atoms with Gasteiger partial charge in [-0.3, -0.25) is 4.79 Å². The molecular formula is C18H27BrN2O3S. The Labute approximate surface area is 159 Å². The number of benzene rings is 1. The Balaban J connectivity index is 1.95. The smallest absolute Gasteiger partial charge is 0.230 e. The maximum atomic E-state index is 12.9. The normalized spacial score (nSPS) is 17.0. The van der Waals surface area contributed by atoms with Crippen molar-refractivity contribution in [1.29, 1.82) is 0 Å². The summed E-state index contributed by atoms with van der Waals surface area (Å²) in [5, 5.41) is 3.03. The third-order valence-corrected chi connectivity index (χ3v) is 7.45. The average Bonchev–Trinajstić information content (AvgIpc) is 3.09. The fraction of sp³-hybridized carbons (Fsp3) is 0.611. The fourth-order valence-electron chi connectivity index (χ4n) is 3.43. The summed E-state index contributed by atoms with van der Waals surface area (Å²) in [5.41, 5.74) is 0.624. The number of carbonyl (C=O) groups is 1. The zero-order chi connectivity index (χ0) is 18.5. The van der Waals surface area contributed by atoms with Crippen LogP contribution in [0.2, 0.25) is 0 Å². The predicted octanol–water partition coefficient (Wildman–Crippen LogP) is 3.05. The van der Waals surface area contributed by atoms with E-state index in [0.717, 1.165) is 35.7 Å². The van der Waals surface area contributed by atoms with Crippen LogP contribution in [-0.4, -0.2) is 44.5 Å². The van der Waals surface area contributed by atoms with Gasteiger partial charge in [-0.2, -0.15) is 0 Å². The molecule has 1 aliphatic rings. The molecular weight excluding hydrogens is 404 g/mol.